The van der Waals surface area contributed by atoms with E-state index in [1.807, 2.05) is 30.5 Å². The Morgan fingerprint density at radius 2 is 1.93 bits per heavy atom. The van der Waals surface area contributed by atoms with Gasteiger partial charge < -0.3 is 14.6 Å². The van der Waals surface area contributed by atoms with Crippen molar-refractivity contribution in [1.29, 1.82) is 0 Å². The number of hydrogen-bond donors (Lipinski definition) is 1. The van der Waals surface area contributed by atoms with Crippen molar-refractivity contribution in [3.63, 3.8) is 0 Å². The number of benzene rings is 2. The molecule has 0 bridgehead atoms. The van der Waals surface area contributed by atoms with Gasteiger partial charge in [-0.2, -0.15) is 11.8 Å². The Morgan fingerprint density at radius 1 is 1.18 bits per heavy atom. The van der Waals surface area contributed by atoms with Gasteiger partial charge in [-0.05, 0) is 24.5 Å². The Kier molecular flexibility index (Phi) is 6.65. The van der Waals surface area contributed by atoms with Crippen molar-refractivity contribution in [1.82, 2.24) is 14.9 Å². The highest BCUT2D eigenvalue weighted by Gasteiger charge is 2.15. The number of halogens is 1. The SMILES string of the molecule is CSCc1nc2ccccc2n1CC(=O)OCC(=O)NCc1ccccc1F. The summed E-state index contributed by atoms with van der Waals surface area (Å²) in [7, 11) is 0. The average Bonchev–Trinajstić information content (AvgIpc) is 3.03. The summed E-state index contributed by atoms with van der Waals surface area (Å²) >= 11 is 1.60. The van der Waals surface area contributed by atoms with E-state index in [9.17, 15) is 14.0 Å². The first-order chi connectivity index (χ1) is 13.6. The normalized spacial score (nSPS) is 10.8. The van der Waals surface area contributed by atoms with Crippen molar-refractivity contribution in [3.8, 4) is 0 Å². The Hall–Kier alpha value is -2.87. The molecule has 0 radical (unpaired) electrons. The number of rotatable bonds is 8. The van der Waals surface area contributed by atoms with Gasteiger partial charge in [-0.25, -0.2) is 9.37 Å². The number of nitrogens with one attached hydrogen (secondary N) is 1. The van der Waals surface area contributed by atoms with Gasteiger partial charge in [0.05, 0.1) is 16.8 Å². The van der Waals surface area contributed by atoms with Crippen LogP contribution >= 0.6 is 11.8 Å². The maximum atomic E-state index is 13.5. The van der Waals surface area contributed by atoms with E-state index >= 15 is 0 Å². The Bertz CT molecular complexity index is 990. The lowest BCUT2D eigenvalue weighted by molar-refractivity contribution is -0.149. The molecule has 0 spiro atoms. The highest BCUT2D eigenvalue weighted by molar-refractivity contribution is 7.97. The summed E-state index contributed by atoms with van der Waals surface area (Å²) < 4.78 is 20.4. The van der Waals surface area contributed by atoms with Crippen LogP contribution in [-0.2, 0) is 33.2 Å². The van der Waals surface area contributed by atoms with E-state index in [-0.39, 0.29) is 13.1 Å². The molecule has 1 aromatic heterocycles. The number of carbonyl (C=O) groups excluding carboxylic acids is 2. The molecule has 0 aliphatic heterocycles. The summed E-state index contributed by atoms with van der Waals surface area (Å²) in [4.78, 5) is 28.7. The summed E-state index contributed by atoms with van der Waals surface area (Å²) in [6.07, 6.45) is 1.96. The standard InChI is InChI=1S/C20H20FN3O3S/c1-28-13-18-23-16-8-4-5-9-17(16)24(18)11-20(26)27-12-19(25)22-10-14-6-2-3-7-15(14)21/h2-9H,10-13H2,1H3,(H,22,25). The van der Waals surface area contributed by atoms with E-state index in [2.05, 4.69) is 10.3 Å². The Labute approximate surface area is 166 Å². The van der Waals surface area contributed by atoms with Crippen molar-refractivity contribution < 1.29 is 18.7 Å². The molecule has 1 N–H and O–H groups in total. The van der Waals surface area contributed by atoms with Crippen LogP contribution < -0.4 is 5.32 Å². The van der Waals surface area contributed by atoms with Crippen LogP contribution in [0.4, 0.5) is 4.39 Å². The molecule has 6 nitrogen and oxygen atoms in total. The molecule has 0 unspecified atom stereocenters. The van der Waals surface area contributed by atoms with Crippen molar-refractivity contribution >= 4 is 34.7 Å². The molecule has 0 fully saturated rings. The summed E-state index contributed by atoms with van der Waals surface area (Å²) in [5.74, 6) is 0.0104. The minimum atomic E-state index is -0.536. The molecule has 0 aliphatic rings. The van der Waals surface area contributed by atoms with E-state index in [1.54, 1.807) is 34.5 Å². The van der Waals surface area contributed by atoms with Crippen LogP contribution in [0.3, 0.4) is 0 Å². The molecule has 146 valence electrons. The lowest BCUT2D eigenvalue weighted by Gasteiger charge is -2.10. The van der Waals surface area contributed by atoms with Gasteiger partial charge >= 0.3 is 5.97 Å². The number of esters is 1. The van der Waals surface area contributed by atoms with Crippen LogP contribution in [-0.4, -0.2) is 34.3 Å². The van der Waals surface area contributed by atoms with Gasteiger partial charge in [0.25, 0.3) is 5.91 Å². The number of imidazole rings is 1. The Balaban J connectivity index is 1.56. The van der Waals surface area contributed by atoms with Crippen LogP contribution in [0.5, 0.6) is 0 Å². The number of fused-ring (bicyclic) bond motifs is 1. The molecule has 2 aromatic carbocycles. The number of para-hydroxylation sites is 2. The monoisotopic (exact) mass is 401 g/mol. The van der Waals surface area contributed by atoms with Crippen LogP contribution in [0.1, 0.15) is 11.4 Å². The summed E-state index contributed by atoms with van der Waals surface area (Å²) in [5, 5.41) is 2.54. The molecule has 0 aliphatic carbocycles. The molecule has 8 heteroatoms. The van der Waals surface area contributed by atoms with E-state index in [4.69, 9.17) is 4.74 Å². The first kappa shape index (κ1) is 19.9. The number of hydrogen-bond acceptors (Lipinski definition) is 5. The third-order valence-corrected chi connectivity index (χ3v) is 4.64. The van der Waals surface area contributed by atoms with E-state index in [1.165, 1.54) is 6.07 Å². The maximum Gasteiger partial charge on any atom is 0.326 e. The minimum Gasteiger partial charge on any atom is -0.454 e. The molecule has 0 saturated heterocycles. The zero-order valence-corrected chi connectivity index (χ0v) is 16.2. The Morgan fingerprint density at radius 3 is 2.71 bits per heavy atom. The van der Waals surface area contributed by atoms with Gasteiger partial charge in [-0.15, -0.1) is 0 Å². The van der Waals surface area contributed by atoms with Crippen molar-refractivity contribution in [3.05, 3.63) is 65.7 Å². The lowest BCUT2D eigenvalue weighted by atomic mass is 10.2. The van der Waals surface area contributed by atoms with E-state index < -0.39 is 24.3 Å². The molecule has 28 heavy (non-hydrogen) atoms. The predicted molar refractivity (Wildman–Crippen MR) is 106 cm³/mol. The third kappa shape index (κ3) is 4.89. The summed E-state index contributed by atoms with van der Waals surface area (Å²) in [5.41, 5.74) is 2.02. The fraction of sp³-hybridized carbons (Fsp3) is 0.250. The zero-order chi connectivity index (χ0) is 19.9. The third-order valence-electron chi connectivity index (χ3n) is 4.09. The molecule has 1 amide bonds. The van der Waals surface area contributed by atoms with Gasteiger partial charge in [0.1, 0.15) is 18.2 Å². The fourth-order valence-corrected chi connectivity index (χ4v) is 3.23. The quantitative estimate of drug-likeness (QED) is 0.588. The van der Waals surface area contributed by atoms with E-state index in [0.717, 1.165) is 16.9 Å². The van der Waals surface area contributed by atoms with E-state index in [0.29, 0.717) is 11.3 Å². The van der Waals surface area contributed by atoms with Crippen molar-refractivity contribution in [2.24, 2.45) is 0 Å². The van der Waals surface area contributed by atoms with Gasteiger partial charge in [0.15, 0.2) is 6.61 Å². The molecule has 0 saturated carbocycles. The van der Waals surface area contributed by atoms with Crippen LogP contribution in [0.25, 0.3) is 11.0 Å². The zero-order valence-electron chi connectivity index (χ0n) is 15.4. The number of amides is 1. The van der Waals surface area contributed by atoms with Gasteiger partial charge in [0.2, 0.25) is 0 Å². The summed E-state index contributed by atoms with van der Waals surface area (Å²) in [6.45, 7) is -0.415. The largest absolute Gasteiger partial charge is 0.454 e. The number of ether oxygens (including phenoxy) is 1. The van der Waals surface area contributed by atoms with Gasteiger partial charge in [-0.3, -0.25) is 9.59 Å². The summed E-state index contributed by atoms with van der Waals surface area (Å²) in [6, 6.07) is 13.7. The highest BCUT2D eigenvalue weighted by atomic mass is 32.2. The molecular formula is C20H20FN3O3S. The topological polar surface area (TPSA) is 73.2 Å². The second-order valence-electron chi connectivity index (χ2n) is 6.06. The highest BCUT2D eigenvalue weighted by Crippen LogP contribution is 2.19. The smallest absolute Gasteiger partial charge is 0.326 e. The lowest BCUT2D eigenvalue weighted by Crippen LogP contribution is -2.29. The first-order valence-corrected chi connectivity index (χ1v) is 10.1. The van der Waals surface area contributed by atoms with Crippen LogP contribution in [0.15, 0.2) is 48.5 Å². The van der Waals surface area contributed by atoms with Crippen molar-refractivity contribution in [2.45, 2.75) is 18.8 Å². The fourth-order valence-electron chi connectivity index (χ4n) is 2.75. The predicted octanol–water partition coefficient (Wildman–Crippen LogP) is 2.90. The maximum absolute atomic E-state index is 13.5. The van der Waals surface area contributed by atoms with Gasteiger partial charge in [0, 0.05) is 12.1 Å². The molecular weight excluding hydrogens is 381 g/mol. The van der Waals surface area contributed by atoms with Crippen LogP contribution in [0.2, 0.25) is 0 Å². The first-order valence-electron chi connectivity index (χ1n) is 8.67. The second-order valence-corrected chi connectivity index (χ2v) is 6.93. The van der Waals surface area contributed by atoms with Crippen molar-refractivity contribution in [2.75, 3.05) is 12.9 Å². The molecule has 1 heterocycles. The number of nitrogens with zero attached hydrogens (tertiary/aromatic N) is 2. The molecule has 3 aromatic rings. The number of carbonyl (C=O) groups is 2. The average molecular weight is 401 g/mol. The molecule has 3 rings (SSSR count). The second kappa shape index (κ2) is 9.36. The number of aromatic nitrogens is 2. The number of thioether (sulfide) groups is 1. The minimum absolute atomic E-state index is 0.0308. The molecule has 0 atom stereocenters. The van der Waals surface area contributed by atoms with Gasteiger partial charge in [-0.1, -0.05) is 30.3 Å². The van der Waals surface area contributed by atoms with Crippen LogP contribution in [0, 0.1) is 5.82 Å².